The molecule has 0 fully saturated rings. The number of unbranched alkanes of at least 4 members (excludes halogenated alkanes) is 22. The highest BCUT2D eigenvalue weighted by molar-refractivity contribution is 7.47. The van der Waals surface area contributed by atoms with Crippen molar-refractivity contribution >= 4 is 13.8 Å². The fourth-order valence-corrected chi connectivity index (χ4v) is 6.11. The number of carbonyl (C=O) groups is 1. The third-order valence-electron chi connectivity index (χ3n) is 8.18. The van der Waals surface area contributed by atoms with Gasteiger partial charge in [-0.15, -0.1) is 0 Å². The Morgan fingerprint density at radius 2 is 1.09 bits per heavy atom. The zero-order valence-corrected chi connectivity index (χ0v) is 31.0. The van der Waals surface area contributed by atoms with E-state index in [1.165, 1.54) is 128 Å². The van der Waals surface area contributed by atoms with Crippen LogP contribution >= 0.6 is 7.82 Å². The molecule has 0 spiro atoms. The summed E-state index contributed by atoms with van der Waals surface area (Å²) in [5.41, 5.74) is 5.35. The lowest BCUT2D eigenvalue weighted by atomic mass is 10.0. The predicted octanol–water partition coefficient (Wildman–Crippen LogP) is 10.7. The Hall–Kier alpha value is -0.760. The summed E-state index contributed by atoms with van der Waals surface area (Å²) in [5.74, 6) is -0.332. The van der Waals surface area contributed by atoms with Gasteiger partial charge < -0.3 is 20.1 Å². The molecule has 0 aromatic heterocycles. The third-order valence-corrected chi connectivity index (χ3v) is 9.17. The minimum Gasteiger partial charge on any atom is -0.457 e. The second kappa shape index (κ2) is 35.5. The molecule has 0 saturated heterocycles. The quantitative estimate of drug-likeness (QED) is 0.0289. The molecule has 0 aliphatic heterocycles. The molecule has 0 heterocycles. The van der Waals surface area contributed by atoms with E-state index in [-0.39, 0.29) is 32.3 Å². The van der Waals surface area contributed by atoms with Crippen molar-refractivity contribution in [1.82, 2.24) is 0 Å². The molecular weight excluding hydrogens is 601 g/mol. The van der Waals surface area contributed by atoms with Gasteiger partial charge in [0.25, 0.3) is 0 Å². The van der Waals surface area contributed by atoms with Gasteiger partial charge in [-0.2, -0.15) is 0 Å². The Morgan fingerprint density at radius 3 is 1.59 bits per heavy atom. The number of phosphoric acid groups is 1. The van der Waals surface area contributed by atoms with Crippen LogP contribution in [-0.2, 0) is 27.9 Å². The number of phosphoric ester groups is 1. The number of hydrogen-bond donors (Lipinski definition) is 2. The number of ether oxygens (including phenoxy) is 2. The lowest BCUT2D eigenvalue weighted by Crippen LogP contribution is -2.28. The van der Waals surface area contributed by atoms with E-state index in [0.29, 0.717) is 13.0 Å². The monoisotopic (exact) mass is 676 g/mol. The lowest BCUT2D eigenvalue weighted by Gasteiger charge is -2.20. The number of esters is 1. The minimum atomic E-state index is -4.26. The van der Waals surface area contributed by atoms with Crippen molar-refractivity contribution in [2.75, 3.05) is 33.0 Å². The van der Waals surface area contributed by atoms with Crippen molar-refractivity contribution in [3.63, 3.8) is 0 Å². The summed E-state index contributed by atoms with van der Waals surface area (Å²) in [7, 11) is -4.26. The zero-order chi connectivity index (χ0) is 33.8. The summed E-state index contributed by atoms with van der Waals surface area (Å²) in [6, 6.07) is 0. The fraction of sp³-hybridized carbons (Fsp3) is 0.919. The molecule has 0 rings (SSSR count). The fourth-order valence-electron chi connectivity index (χ4n) is 5.34. The molecule has 0 saturated carbocycles. The van der Waals surface area contributed by atoms with Gasteiger partial charge in [0.2, 0.25) is 0 Å². The van der Waals surface area contributed by atoms with Gasteiger partial charge in [-0.25, -0.2) is 4.57 Å². The first-order valence-electron chi connectivity index (χ1n) is 19.2. The van der Waals surface area contributed by atoms with Crippen molar-refractivity contribution in [1.29, 1.82) is 0 Å². The number of carbonyl (C=O) groups excluding carboxylic acids is 1. The van der Waals surface area contributed by atoms with E-state index in [0.717, 1.165) is 32.1 Å². The second-order valence-corrected chi connectivity index (χ2v) is 14.2. The molecule has 8 nitrogen and oxygen atoms in total. The van der Waals surface area contributed by atoms with Gasteiger partial charge in [-0.3, -0.25) is 13.8 Å². The number of hydrogen-bond acceptors (Lipinski definition) is 7. The molecule has 3 N–H and O–H groups in total. The van der Waals surface area contributed by atoms with E-state index in [1.807, 2.05) is 0 Å². The maximum atomic E-state index is 12.5. The molecule has 46 heavy (non-hydrogen) atoms. The van der Waals surface area contributed by atoms with E-state index in [1.54, 1.807) is 0 Å². The molecule has 2 unspecified atom stereocenters. The van der Waals surface area contributed by atoms with Gasteiger partial charge in [0, 0.05) is 19.6 Å². The normalized spacial score (nSPS) is 13.7. The first kappa shape index (κ1) is 45.2. The number of nitrogens with two attached hydrogens (primary N) is 1. The second-order valence-electron chi connectivity index (χ2n) is 12.8. The van der Waals surface area contributed by atoms with E-state index >= 15 is 0 Å². The molecule has 0 aromatic carbocycles. The molecule has 0 aliphatic carbocycles. The van der Waals surface area contributed by atoms with Crippen LogP contribution < -0.4 is 5.73 Å². The standard InChI is InChI=1S/C37H74NO7P/c1-3-5-7-9-11-13-15-17-18-19-21-23-25-27-29-32-42-34-36(35-44-46(40,41)43-33-31-38)45-37(39)30-28-26-24-22-20-16-14-12-10-8-6-4-2/h15,17,36H,3-14,16,18-35,38H2,1-2H3,(H,40,41)/b17-15-. The number of allylic oxidation sites excluding steroid dienone is 2. The lowest BCUT2D eigenvalue weighted by molar-refractivity contribution is -0.154. The average molecular weight is 676 g/mol. The highest BCUT2D eigenvalue weighted by atomic mass is 31.2. The molecule has 2 atom stereocenters. The van der Waals surface area contributed by atoms with Crippen molar-refractivity contribution in [3.8, 4) is 0 Å². The van der Waals surface area contributed by atoms with Crippen molar-refractivity contribution in [2.45, 2.75) is 187 Å². The van der Waals surface area contributed by atoms with Crippen LogP contribution in [0.4, 0.5) is 0 Å². The molecule has 274 valence electrons. The Balaban J connectivity index is 4.07. The van der Waals surface area contributed by atoms with Gasteiger partial charge in [-0.1, -0.05) is 148 Å². The molecule has 0 amide bonds. The Labute approximate surface area is 283 Å². The summed E-state index contributed by atoms with van der Waals surface area (Å²) in [6.45, 7) is 4.91. The molecule has 0 radical (unpaired) electrons. The van der Waals surface area contributed by atoms with Crippen LogP contribution in [0.3, 0.4) is 0 Å². The molecule has 9 heteroatoms. The zero-order valence-electron chi connectivity index (χ0n) is 30.1. The Bertz CT molecular complexity index is 722. The van der Waals surface area contributed by atoms with Crippen LogP contribution in [0.2, 0.25) is 0 Å². The van der Waals surface area contributed by atoms with Crippen molar-refractivity contribution in [2.24, 2.45) is 5.73 Å². The summed E-state index contributed by atoms with van der Waals surface area (Å²) >= 11 is 0. The third kappa shape index (κ3) is 34.6. The van der Waals surface area contributed by atoms with Crippen LogP contribution in [-0.4, -0.2) is 49.9 Å². The van der Waals surface area contributed by atoms with Crippen LogP contribution in [0.25, 0.3) is 0 Å². The minimum absolute atomic E-state index is 0.0937. The summed E-state index contributed by atoms with van der Waals surface area (Å²) in [4.78, 5) is 22.3. The first-order valence-corrected chi connectivity index (χ1v) is 20.7. The van der Waals surface area contributed by atoms with E-state index in [9.17, 15) is 14.3 Å². The molecule has 0 aliphatic rings. The summed E-state index contributed by atoms with van der Waals surface area (Å²) in [5, 5.41) is 0. The molecule has 0 bridgehead atoms. The smallest absolute Gasteiger partial charge is 0.457 e. The highest BCUT2D eigenvalue weighted by Crippen LogP contribution is 2.43. The largest absolute Gasteiger partial charge is 0.472 e. The average Bonchev–Trinajstić information content (AvgIpc) is 3.04. The van der Waals surface area contributed by atoms with E-state index in [2.05, 4.69) is 26.0 Å². The highest BCUT2D eigenvalue weighted by Gasteiger charge is 2.25. The predicted molar refractivity (Wildman–Crippen MR) is 192 cm³/mol. The maximum absolute atomic E-state index is 12.5. The topological polar surface area (TPSA) is 117 Å². The Morgan fingerprint density at radius 1 is 0.630 bits per heavy atom. The van der Waals surface area contributed by atoms with Gasteiger partial charge in [0.05, 0.1) is 19.8 Å². The number of rotatable bonds is 37. The van der Waals surface area contributed by atoms with Crippen LogP contribution in [0.15, 0.2) is 12.2 Å². The van der Waals surface area contributed by atoms with Crippen LogP contribution in [0.1, 0.15) is 181 Å². The Kier molecular flexibility index (Phi) is 35.0. The van der Waals surface area contributed by atoms with Crippen molar-refractivity contribution in [3.05, 3.63) is 12.2 Å². The van der Waals surface area contributed by atoms with Crippen LogP contribution in [0.5, 0.6) is 0 Å². The van der Waals surface area contributed by atoms with Gasteiger partial charge in [0.15, 0.2) is 0 Å². The van der Waals surface area contributed by atoms with E-state index in [4.69, 9.17) is 24.3 Å². The van der Waals surface area contributed by atoms with Crippen molar-refractivity contribution < 1.29 is 32.8 Å². The molecular formula is C37H74NO7P. The first-order chi connectivity index (χ1) is 22.4. The van der Waals surface area contributed by atoms with Crippen LogP contribution in [0, 0.1) is 0 Å². The van der Waals surface area contributed by atoms with Gasteiger partial charge in [-0.05, 0) is 38.5 Å². The molecule has 0 aromatic rings. The maximum Gasteiger partial charge on any atom is 0.472 e. The van der Waals surface area contributed by atoms with E-state index < -0.39 is 13.9 Å². The van der Waals surface area contributed by atoms with Gasteiger partial charge in [0.1, 0.15) is 6.10 Å². The summed E-state index contributed by atoms with van der Waals surface area (Å²) in [6.07, 6.45) is 35.0. The summed E-state index contributed by atoms with van der Waals surface area (Å²) < 4.78 is 33.3. The van der Waals surface area contributed by atoms with Gasteiger partial charge >= 0.3 is 13.8 Å². The SMILES string of the molecule is CCCCCCC/C=C\CCCCCCCCOCC(COP(=O)(O)OCCN)OC(=O)CCCCCCCCCCCCCC.